The summed E-state index contributed by atoms with van der Waals surface area (Å²) in [5.41, 5.74) is 2.58. The van der Waals surface area contributed by atoms with E-state index in [4.69, 9.17) is 4.74 Å². The molecule has 0 spiro atoms. The molecule has 3 rings (SSSR count). The first-order valence-electron chi connectivity index (χ1n) is 9.08. The maximum Gasteiger partial charge on any atom is 0.422 e. The third kappa shape index (κ3) is 6.30. The van der Waals surface area contributed by atoms with Crippen LogP contribution in [0, 0.1) is 0 Å². The van der Waals surface area contributed by atoms with Crippen LogP contribution < -0.4 is 20.1 Å². The quantitative estimate of drug-likeness (QED) is 0.416. The molecule has 6 nitrogen and oxygen atoms in total. The number of carboxylic acids is 1. The van der Waals surface area contributed by atoms with Gasteiger partial charge in [-0.05, 0) is 66.7 Å². The van der Waals surface area contributed by atoms with Gasteiger partial charge in [0.15, 0.2) is 6.61 Å². The zero-order valence-corrected chi connectivity index (χ0v) is 16.4. The van der Waals surface area contributed by atoms with Gasteiger partial charge in [0, 0.05) is 17.1 Å². The summed E-state index contributed by atoms with van der Waals surface area (Å²) in [7, 11) is 1.46. The fraction of sp³-hybridized carbons (Fsp3) is 0.136. The zero-order valence-electron chi connectivity index (χ0n) is 16.4. The van der Waals surface area contributed by atoms with Crippen LogP contribution in [0.25, 0.3) is 0 Å². The van der Waals surface area contributed by atoms with Crippen molar-refractivity contribution in [3.63, 3.8) is 0 Å². The van der Waals surface area contributed by atoms with Crippen LogP contribution in [0.3, 0.4) is 0 Å². The summed E-state index contributed by atoms with van der Waals surface area (Å²) in [5.74, 6) is -0.518. The molecule has 0 aliphatic carbocycles. The van der Waals surface area contributed by atoms with Crippen molar-refractivity contribution in [2.75, 3.05) is 24.4 Å². The van der Waals surface area contributed by atoms with Gasteiger partial charge in [-0.2, -0.15) is 13.2 Å². The molecule has 0 aromatic heterocycles. The zero-order chi connectivity index (χ0) is 22.4. The standard InChI is InChI=1S/C22H19F3N2O4/c1-30-18-10-11-20(19(12-18)21(28)29)27-16-4-2-14(3-5-16)26-15-6-8-17(9-7-15)31-13-22(23,24)25/h2-12,26-27H,13H2,1H3,(H,28,29). The summed E-state index contributed by atoms with van der Waals surface area (Å²) < 4.78 is 46.3. The highest BCUT2D eigenvalue weighted by Gasteiger charge is 2.28. The molecule has 0 saturated carbocycles. The number of carbonyl (C=O) groups is 1. The second kappa shape index (κ2) is 9.29. The van der Waals surface area contributed by atoms with Gasteiger partial charge in [-0.15, -0.1) is 0 Å². The lowest BCUT2D eigenvalue weighted by molar-refractivity contribution is -0.153. The van der Waals surface area contributed by atoms with E-state index in [1.165, 1.54) is 25.3 Å². The number of hydrogen-bond donors (Lipinski definition) is 3. The molecule has 0 bridgehead atoms. The van der Waals surface area contributed by atoms with E-state index in [-0.39, 0.29) is 11.3 Å². The number of anilines is 4. The highest BCUT2D eigenvalue weighted by atomic mass is 19.4. The molecule has 3 N–H and O–H groups in total. The number of halogens is 3. The Bertz CT molecular complexity index is 1040. The number of rotatable bonds is 8. The van der Waals surface area contributed by atoms with E-state index in [1.807, 2.05) is 0 Å². The molecule has 0 heterocycles. The number of benzene rings is 3. The summed E-state index contributed by atoms with van der Waals surface area (Å²) in [6.45, 7) is -1.34. The Morgan fingerprint density at radius 2 is 1.39 bits per heavy atom. The number of methoxy groups -OCH3 is 1. The smallest absolute Gasteiger partial charge is 0.422 e. The van der Waals surface area contributed by atoms with Crippen molar-refractivity contribution in [1.82, 2.24) is 0 Å². The van der Waals surface area contributed by atoms with Gasteiger partial charge >= 0.3 is 12.1 Å². The highest BCUT2D eigenvalue weighted by molar-refractivity contribution is 5.95. The largest absolute Gasteiger partial charge is 0.497 e. The van der Waals surface area contributed by atoms with Crippen LogP contribution in [0.5, 0.6) is 11.5 Å². The van der Waals surface area contributed by atoms with Crippen molar-refractivity contribution in [1.29, 1.82) is 0 Å². The number of hydrogen-bond acceptors (Lipinski definition) is 5. The first-order valence-corrected chi connectivity index (χ1v) is 9.08. The lowest BCUT2D eigenvalue weighted by Crippen LogP contribution is -2.19. The molecule has 0 aliphatic heterocycles. The van der Waals surface area contributed by atoms with E-state index in [1.54, 1.807) is 48.5 Å². The Labute approximate surface area is 176 Å². The van der Waals surface area contributed by atoms with Gasteiger partial charge in [-0.25, -0.2) is 4.79 Å². The lowest BCUT2D eigenvalue weighted by Gasteiger charge is -2.13. The molecule has 0 unspecified atom stereocenters. The normalized spacial score (nSPS) is 11.0. The molecule has 0 radical (unpaired) electrons. The van der Waals surface area contributed by atoms with Crippen LogP contribution in [-0.2, 0) is 0 Å². The van der Waals surface area contributed by atoms with Crippen LogP contribution in [-0.4, -0.2) is 31.0 Å². The summed E-state index contributed by atoms with van der Waals surface area (Å²) in [4.78, 5) is 11.5. The molecule has 9 heteroatoms. The van der Waals surface area contributed by atoms with Gasteiger partial charge in [-0.1, -0.05) is 0 Å². The monoisotopic (exact) mass is 432 g/mol. The van der Waals surface area contributed by atoms with Crippen molar-refractivity contribution in [3.8, 4) is 11.5 Å². The van der Waals surface area contributed by atoms with Crippen LogP contribution in [0.1, 0.15) is 10.4 Å². The second-order valence-electron chi connectivity index (χ2n) is 6.47. The molecule has 0 saturated heterocycles. The van der Waals surface area contributed by atoms with Gasteiger partial charge in [0.2, 0.25) is 0 Å². The molecule has 3 aromatic rings. The van der Waals surface area contributed by atoms with E-state index >= 15 is 0 Å². The number of aromatic carboxylic acids is 1. The summed E-state index contributed by atoms with van der Waals surface area (Å²) >= 11 is 0. The SMILES string of the molecule is COc1ccc(Nc2ccc(Nc3ccc(OCC(F)(F)F)cc3)cc2)c(C(=O)O)c1. The van der Waals surface area contributed by atoms with Crippen LogP contribution in [0.2, 0.25) is 0 Å². The van der Waals surface area contributed by atoms with Crippen molar-refractivity contribution in [2.24, 2.45) is 0 Å². The molecule has 0 amide bonds. The molecule has 162 valence electrons. The number of nitrogens with one attached hydrogen (secondary N) is 2. The Morgan fingerprint density at radius 1 is 0.871 bits per heavy atom. The molecule has 0 fully saturated rings. The molecular weight excluding hydrogens is 413 g/mol. The van der Waals surface area contributed by atoms with E-state index in [9.17, 15) is 23.1 Å². The molecule has 31 heavy (non-hydrogen) atoms. The number of alkyl halides is 3. The molecule has 0 aliphatic rings. The Kier molecular flexibility index (Phi) is 6.54. The van der Waals surface area contributed by atoms with E-state index in [0.29, 0.717) is 22.8 Å². The fourth-order valence-electron chi connectivity index (χ4n) is 2.70. The Balaban J connectivity index is 1.64. The minimum Gasteiger partial charge on any atom is -0.497 e. The summed E-state index contributed by atoms with van der Waals surface area (Å²) in [6, 6.07) is 17.9. The summed E-state index contributed by atoms with van der Waals surface area (Å²) in [6.07, 6.45) is -4.39. The minimum atomic E-state index is -4.39. The first kappa shape index (κ1) is 21.8. The second-order valence-corrected chi connectivity index (χ2v) is 6.47. The maximum absolute atomic E-state index is 12.2. The lowest BCUT2D eigenvalue weighted by atomic mass is 10.1. The van der Waals surface area contributed by atoms with Crippen LogP contribution in [0.15, 0.2) is 66.7 Å². The number of carboxylic acid groups (broad SMARTS) is 1. The Hall–Kier alpha value is -3.88. The van der Waals surface area contributed by atoms with E-state index in [2.05, 4.69) is 15.4 Å². The van der Waals surface area contributed by atoms with E-state index in [0.717, 1.165) is 5.69 Å². The van der Waals surface area contributed by atoms with Gasteiger partial charge in [0.1, 0.15) is 11.5 Å². The fourth-order valence-corrected chi connectivity index (χ4v) is 2.70. The first-order chi connectivity index (χ1) is 14.7. The predicted molar refractivity (Wildman–Crippen MR) is 111 cm³/mol. The van der Waals surface area contributed by atoms with Crippen LogP contribution in [0.4, 0.5) is 35.9 Å². The van der Waals surface area contributed by atoms with Crippen molar-refractivity contribution in [3.05, 3.63) is 72.3 Å². The van der Waals surface area contributed by atoms with Gasteiger partial charge in [-0.3, -0.25) is 0 Å². The summed E-state index contributed by atoms with van der Waals surface area (Å²) in [5, 5.41) is 15.6. The van der Waals surface area contributed by atoms with E-state index < -0.39 is 18.8 Å². The average molecular weight is 432 g/mol. The minimum absolute atomic E-state index is 0.0781. The van der Waals surface area contributed by atoms with Crippen molar-refractivity contribution < 1.29 is 32.5 Å². The molecule has 0 atom stereocenters. The molecule has 3 aromatic carbocycles. The van der Waals surface area contributed by atoms with Gasteiger partial charge < -0.3 is 25.2 Å². The van der Waals surface area contributed by atoms with Crippen molar-refractivity contribution in [2.45, 2.75) is 6.18 Å². The van der Waals surface area contributed by atoms with Crippen LogP contribution >= 0.6 is 0 Å². The topological polar surface area (TPSA) is 79.8 Å². The van der Waals surface area contributed by atoms with Crippen molar-refractivity contribution >= 4 is 28.7 Å². The number of ether oxygens (including phenoxy) is 2. The van der Waals surface area contributed by atoms with Gasteiger partial charge in [0.25, 0.3) is 0 Å². The third-order valence-electron chi connectivity index (χ3n) is 4.17. The Morgan fingerprint density at radius 3 is 1.90 bits per heavy atom. The highest BCUT2D eigenvalue weighted by Crippen LogP contribution is 2.27. The third-order valence-corrected chi connectivity index (χ3v) is 4.17. The average Bonchev–Trinajstić information content (AvgIpc) is 2.74. The van der Waals surface area contributed by atoms with Gasteiger partial charge in [0.05, 0.1) is 18.4 Å². The maximum atomic E-state index is 12.2. The molecular formula is C22H19F3N2O4. The predicted octanol–water partition coefficient (Wildman–Crippen LogP) is 5.82.